The van der Waals surface area contributed by atoms with Gasteiger partial charge >= 0.3 is 5.97 Å². The first kappa shape index (κ1) is 16.9. The molecule has 0 spiro atoms. The molecule has 2 atom stereocenters. The lowest BCUT2D eigenvalue weighted by atomic mass is 10.2. The molecule has 1 fully saturated rings. The second kappa shape index (κ2) is 6.86. The number of fused-ring (bicyclic) bond motifs is 1. The van der Waals surface area contributed by atoms with Crippen LogP contribution in [-0.4, -0.2) is 48.7 Å². The second-order valence-corrected chi connectivity index (χ2v) is 7.01. The van der Waals surface area contributed by atoms with Gasteiger partial charge < -0.3 is 14.4 Å². The fourth-order valence-electron chi connectivity index (χ4n) is 2.79. The molecule has 2 heterocycles. The number of carbonyl (C=O) groups excluding carboxylic acids is 2. The highest BCUT2D eigenvalue weighted by molar-refractivity contribution is 7.20. The molecule has 1 aromatic heterocycles. The Bertz CT molecular complexity index is 765. The fraction of sp³-hybridized carbons (Fsp3) is 0.412. The van der Waals surface area contributed by atoms with Crippen molar-refractivity contribution >= 4 is 33.3 Å². The van der Waals surface area contributed by atoms with Gasteiger partial charge in [0.2, 0.25) is 0 Å². The molecule has 1 aromatic carbocycles. The van der Waals surface area contributed by atoms with Gasteiger partial charge in [-0.25, -0.2) is 9.18 Å². The average molecular weight is 351 g/mol. The molecule has 128 valence electrons. The Morgan fingerprint density at radius 1 is 1.29 bits per heavy atom. The van der Waals surface area contributed by atoms with Crippen molar-refractivity contribution in [1.29, 1.82) is 0 Å². The first-order chi connectivity index (χ1) is 11.4. The standard InChI is InChI=1S/C17H18FNO4S/c1-10-7-19(8-11(2)23-10)16(20)9-22-17(21)15-6-12-5-13(18)3-4-14(12)24-15/h3-6,10-11H,7-9H2,1-2H3/t10-,11-/m0/s1. The van der Waals surface area contributed by atoms with Crippen LogP contribution in [0.1, 0.15) is 23.5 Å². The van der Waals surface area contributed by atoms with Gasteiger partial charge in [0.1, 0.15) is 10.7 Å². The maximum atomic E-state index is 13.2. The summed E-state index contributed by atoms with van der Waals surface area (Å²) in [5.74, 6) is -1.16. The molecule has 24 heavy (non-hydrogen) atoms. The topological polar surface area (TPSA) is 55.8 Å². The van der Waals surface area contributed by atoms with E-state index in [1.54, 1.807) is 17.0 Å². The Labute approximate surface area is 143 Å². The van der Waals surface area contributed by atoms with Crippen LogP contribution in [0.5, 0.6) is 0 Å². The molecule has 0 radical (unpaired) electrons. The van der Waals surface area contributed by atoms with Gasteiger partial charge in [-0.3, -0.25) is 4.79 Å². The van der Waals surface area contributed by atoms with Crippen LogP contribution in [0, 0.1) is 5.82 Å². The van der Waals surface area contributed by atoms with E-state index >= 15 is 0 Å². The number of carbonyl (C=O) groups is 2. The summed E-state index contributed by atoms with van der Waals surface area (Å²) >= 11 is 1.22. The van der Waals surface area contributed by atoms with Crippen LogP contribution < -0.4 is 0 Å². The zero-order valence-electron chi connectivity index (χ0n) is 13.5. The molecule has 2 aromatic rings. The van der Waals surface area contributed by atoms with Gasteiger partial charge in [-0.15, -0.1) is 11.3 Å². The van der Waals surface area contributed by atoms with Crippen molar-refractivity contribution in [3.63, 3.8) is 0 Å². The Morgan fingerprint density at radius 2 is 2.00 bits per heavy atom. The molecule has 3 rings (SSSR count). The van der Waals surface area contributed by atoms with Crippen molar-refractivity contribution < 1.29 is 23.5 Å². The van der Waals surface area contributed by atoms with Crippen LogP contribution in [0.3, 0.4) is 0 Å². The highest BCUT2D eigenvalue weighted by Crippen LogP contribution is 2.26. The number of benzene rings is 1. The van der Waals surface area contributed by atoms with Crippen LogP contribution >= 0.6 is 11.3 Å². The SMILES string of the molecule is C[C@H]1CN(C(=O)COC(=O)c2cc3cc(F)ccc3s2)C[C@H](C)O1. The van der Waals surface area contributed by atoms with Crippen molar-refractivity contribution in [1.82, 2.24) is 4.90 Å². The van der Waals surface area contributed by atoms with E-state index in [1.165, 1.54) is 23.5 Å². The number of nitrogens with zero attached hydrogens (tertiary/aromatic N) is 1. The molecule has 1 amide bonds. The number of thiophene rings is 1. The largest absolute Gasteiger partial charge is 0.451 e. The number of ether oxygens (including phenoxy) is 2. The number of amides is 1. The lowest BCUT2D eigenvalue weighted by Crippen LogP contribution is -2.49. The molecule has 0 bridgehead atoms. The first-order valence-corrected chi connectivity index (χ1v) is 8.53. The van der Waals surface area contributed by atoms with Gasteiger partial charge in [-0.1, -0.05) is 0 Å². The van der Waals surface area contributed by atoms with Crippen molar-refractivity contribution in [2.75, 3.05) is 19.7 Å². The third kappa shape index (κ3) is 3.73. The summed E-state index contributed by atoms with van der Waals surface area (Å²) in [7, 11) is 0. The Kier molecular flexibility index (Phi) is 4.82. The van der Waals surface area contributed by atoms with Gasteiger partial charge in [0.05, 0.1) is 12.2 Å². The van der Waals surface area contributed by atoms with Crippen molar-refractivity contribution in [2.45, 2.75) is 26.1 Å². The molecule has 1 saturated heterocycles. The van der Waals surface area contributed by atoms with E-state index in [2.05, 4.69) is 0 Å². The molecule has 0 saturated carbocycles. The van der Waals surface area contributed by atoms with E-state index < -0.39 is 5.97 Å². The Hall–Kier alpha value is -1.99. The van der Waals surface area contributed by atoms with Gasteiger partial charge in [-0.05, 0) is 43.5 Å². The molecule has 0 aliphatic carbocycles. The van der Waals surface area contributed by atoms with Gasteiger partial charge in [0, 0.05) is 17.8 Å². The van der Waals surface area contributed by atoms with E-state index in [1.807, 2.05) is 13.8 Å². The van der Waals surface area contributed by atoms with Crippen LogP contribution in [0.4, 0.5) is 4.39 Å². The maximum absolute atomic E-state index is 13.2. The number of morpholine rings is 1. The average Bonchev–Trinajstić information content (AvgIpc) is 2.94. The van der Waals surface area contributed by atoms with Crippen molar-refractivity contribution in [3.8, 4) is 0 Å². The minimum absolute atomic E-state index is 0.0362. The van der Waals surface area contributed by atoms with E-state index in [0.29, 0.717) is 23.4 Å². The van der Waals surface area contributed by atoms with Gasteiger partial charge in [0.15, 0.2) is 6.61 Å². The number of hydrogen-bond acceptors (Lipinski definition) is 5. The maximum Gasteiger partial charge on any atom is 0.348 e. The summed E-state index contributed by atoms with van der Waals surface area (Å²) in [6, 6.07) is 5.91. The summed E-state index contributed by atoms with van der Waals surface area (Å²) in [5, 5.41) is 0.647. The lowest BCUT2D eigenvalue weighted by Gasteiger charge is -2.35. The molecular weight excluding hydrogens is 333 g/mol. The van der Waals surface area contributed by atoms with E-state index in [0.717, 1.165) is 4.70 Å². The monoisotopic (exact) mass is 351 g/mol. The van der Waals surface area contributed by atoms with E-state index in [9.17, 15) is 14.0 Å². The number of hydrogen-bond donors (Lipinski definition) is 0. The van der Waals surface area contributed by atoms with Crippen LogP contribution in [0.25, 0.3) is 10.1 Å². The minimum atomic E-state index is -0.570. The molecule has 1 aliphatic heterocycles. The number of esters is 1. The van der Waals surface area contributed by atoms with Crippen LogP contribution in [0.2, 0.25) is 0 Å². The summed E-state index contributed by atoms with van der Waals surface area (Å²) in [5.41, 5.74) is 0. The highest BCUT2D eigenvalue weighted by atomic mass is 32.1. The number of rotatable bonds is 3. The van der Waals surface area contributed by atoms with Crippen LogP contribution in [0.15, 0.2) is 24.3 Å². The lowest BCUT2D eigenvalue weighted by molar-refractivity contribution is -0.146. The predicted molar refractivity (Wildman–Crippen MR) is 88.7 cm³/mol. The Morgan fingerprint density at radius 3 is 2.71 bits per heavy atom. The third-order valence-corrected chi connectivity index (χ3v) is 4.87. The third-order valence-electron chi connectivity index (χ3n) is 3.78. The Balaban J connectivity index is 1.60. The van der Waals surface area contributed by atoms with Crippen molar-refractivity contribution in [2.24, 2.45) is 0 Å². The van der Waals surface area contributed by atoms with Crippen molar-refractivity contribution in [3.05, 3.63) is 35.0 Å². The molecule has 7 heteroatoms. The highest BCUT2D eigenvalue weighted by Gasteiger charge is 2.26. The predicted octanol–water partition coefficient (Wildman–Crippen LogP) is 2.83. The molecule has 5 nitrogen and oxygen atoms in total. The quantitative estimate of drug-likeness (QED) is 0.798. The summed E-state index contributed by atoms with van der Waals surface area (Å²) in [6.07, 6.45) is -0.0724. The van der Waals surface area contributed by atoms with E-state index in [4.69, 9.17) is 9.47 Å². The van der Waals surface area contributed by atoms with Crippen LogP contribution in [-0.2, 0) is 14.3 Å². The molecule has 1 aliphatic rings. The normalized spacial score (nSPS) is 21.0. The number of halogens is 1. The summed E-state index contributed by atoms with van der Waals surface area (Å²) < 4.78 is 24.7. The van der Waals surface area contributed by atoms with E-state index in [-0.39, 0.29) is 30.5 Å². The molecule has 0 unspecified atom stereocenters. The summed E-state index contributed by atoms with van der Waals surface area (Å²) in [4.78, 5) is 26.3. The summed E-state index contributed by atoms with van der Waals surface area (Å²) in [6.45, 7) is 4.48. The second-order valence-electron chi connectivity index (χ2n) is 5.92. The molecular formula is C17H18FNO4S. The first-order valence-electron chi connectivity index (χ1n) is 7.72. The van der Waals surface area contributed by atoms with Gasteiger partial charge in [0.25, 0.3) is 5.91 Å². The fourth-order valence-corrected chi connectivity index (χ4v) is 3.72. The smallest absolute Gasteiger partial charge is 0.348 e. The molecule has 0 N–H and O–H groups in total. The minimum Gasteiger partial charge on any atom is -0.451 e. The zero-order valence-corrected chi connectivity index (χ0v) is 14.3. The zero-order chi connectivity index (χ0) is 17.3. The van der Waals surface area contributed by atoms with Gasteiger partial charge in [-0.2, -0.15) is 0 Å².